The first kappa shape index (κ1) is 15.4. The number of unbranched alkanes of at least 4 members (excludes halogenated alkanes) is 1. The number of hydrogen-bond donors (Lipinski definition) is 0. The molecule has 0 aromatic rings. The number of carbonyl (C=O) groups is 2. The van der Waals surface area contributed by atoms with Crippen LogP contribution in [0, 0.1) is 0 Å². The molecule has 6 nitrogen and oxygen atoms in total. The lowest BCUT2D eigenvalue weighted by molar-refractivity contribution is -0.335. The Labute approximate surface area is 100 Å². The third-order valence-electron chi connectivity index (χ3n) is 1.59. The van der Waals surface area contributed by atoms with E-state index in [0.29, 0.717) is 0 Å². The highest BCUT2D eigenvalue weighted by atomic mass is 17.2. The van der Waals surface area contributed by atoms with Gasteiger partial charge in [-0.05, 0) is 13.3 Å². The van der Waals surface area contributed by atoms with E-state index in [1.54, 1.807) is 0 Å². The molecule has 0 rings (SSSR count). The van der Waals surface area contributed by atoms with Gasteiger partial charge in [0.25, 0.3) is 0 Å². The molecule has 98 valence electrons. The molecular formula is C11H18O6. The lowest BCUT2D eigenvalue weighted by Gasteiger charge is -2.12. The molecule has 0 N–H and O–H groups in total. The predicted molar refractivity (Wildman–Crippen MR) is 58.8 cm³/mol. The first-order valence-corrected chi connectivity index (χ1v) is 5.34. The van der Waals surface area contributed by atoms with Gasteiger partial charge in [-0.15, -0.1) is 4.89 Å². The molecular weight excluding hydrogens is 228 g/mol. The summed E-state index contributed by atoms with van der Waals surface area (Å²) in [6, 6.07) is 0. The average molecular weight is 246 g/mol. The fourth-order valence-electron chi connectivity index (χ4n) is 0.672. The second-order valence-corrected chi connectivity index (χ2v) is 3.38. The van der Waals surface area contributed by atoms with Crippen molar-refractivity contribution in [2.75, 3.05) is 6.61 Å². The molecule has 0 fully saturated rings. The zero-order valence-corrected chi connectivity index (χ0v) is 10.4. The van der Waals surface area contributed by atoms with Gasteiger partial charge in [0.2, 0.25) is 6.29 Å². The highest BCUT2D eigenvalue weighted by Gasteiger charge is 2.14. The lowest BCUT2D eigenvalue weighted by atomic mass is 10.4. The van der Waals surface area contributed by atoms with Crippen molar-refractivity contribution >= 4 is 12.1 Å². The number of ether oxygens (including phenoxy) is 2. The summed E-state index contributed by atoms with van der Waals surface area (Å²) in [6.07, 6.45) is -0.227. The van der Waals surface area contributed by atoms with E-state index in [-0.39, 0.29) is 12.2 Å². The molecule has 0 aromatic heterocycles. The zero-order chi connectivity index (χ0) is 13.3. The van der Waals surface area contributed by atoms with Crippen molar-refractivity contribution in [3.05, 3.63) is 12.2 Å². The van der Waals surface area contributed by atoms with Crippen molar-refractivity contribution in [3.8, 4) is 0 Å². The van der Waals surface area contributed by atoms with E-state index in [2.05, 4.69) is 21.1 Å². The second-order valence-electron chi connectivity index (χ2n) is 3.38. The summed E-state index contributed by atoms with van der Waals surface area (Å²) in [7, 11) is 0. The monoisotopic (exact) mass is 246 g/mol. The van der Waals surface area contributed by atoms with Crippen LogP contribution in [-0.4, -0.2) is 25.0 Å². The van der Waals surface area contributed by atoms with Gasteiger partial charge in [0.1, 0.15) is 0 Å². The normalized spacial score (nSPS) is 11.5. The first-order chi connectivity index (χ1) is 7.97. The van der Waals surface area contributed by atoms with Crippen molar-refractivity contribution in [2.45, 2.75) is 39.9 Å². The van der Waals surface area contributed by atoms with Gasteiger partial charge >= 0.3 is 12.1 Å². The van der Waals surface area contributed by atoms with E-state index < -0.39 is 18.4 Å². The van der Waals surface area contributed by atoms with Crippen LogP contribution in [0.15, 0.2) is 12.2 Å². The summed E-state index contributed by atoms with van der Waals surface area (Å²) in [5.74, 6) is -0.722. The third-order valence-corrected chi connectivity index (χ3v) is 1.59. The lowest BCUT2D eigenvalue weighted by Crippen LogP contribution is -2.21. The van der Waals surface area contributed by atoms with Crippen molar-refractivity contribution < 1.29 is 28.8 Å². The van der Waals surface area contributed by atoms with Gasteiger partial charge in [-0.1, -0.05) is 19.9 Å². The number of carbonyl (C=O) groups excluding carboxylic acids is 2. The smallest absolute Gasteiger partial charge is 0.434 e. The molecule has 0 bridgehead atoms. The Morgan fingerprint density at radius 3 is 2.53 bits per heavy atom. The van der Waals surface area contributed by atoms with E-state index in [0.717, 1.165) is 12.8 Å². The topological polar surface area (TPSA) is 71.1 Å². The van der Waals surface area contributed by atoms with Gasteiger partial charge in [0, 0.05) is 12.5 Å². The molecule has 0 amide bonds. The SMILES string of the molecule is C=C(C)C(=O)OOC(C)OC(=O)OCCCC. The molecule has 0 spiro atoms. The van der Waals surface area contributed by atoms with E-state index in [1.807, 2.05) is 6.92 Å². The first-order valence-electron chi connectivity index (χ1n) is 5.34. The van der Waals surface area contributed by atoms with Gasteiger partial charge in [0.05, 0.1) is 6.61 Å². The number of rotatable bonds is 7. The highest BCUT2D eigenvalue weighted by molar-refractivity contribution is 5.86. The quantitative estimate of drug-likeness (QED) is 0.171. The Balaban J connectivity index is 3.70. The van der Waals surface area contributed by atoms with E-state index in [1.165, 1.54) is 13.8 Å². The zero-order valence-electron chi connectivity index (χ0n) is 10.4. The summed E-state index contributed by atoms with van der Waals surface area (Å²) in [5.41, 5.74) is 0.183. The fourth-order valence-corrected chi connectivity index (χ4v) is 0.672. The predicted octanol–water partition coefficient (Wildman–Crippen LogP) is 2.34. The molecule has 0 aromatic carbocycles. The van der Waals surface area contributed by atoms with Crippen LogP contribution in [0.4, 0.5) is 4.79 Å². The molecule has 17 heavy (non-hydrogen) atoms. The summed E-state index contributed by atoms with van der Waals surface area (Å²) in [5, 5.41) is 0. The van der Waals surface area contributed by atoms with Crippen LogP contribution in [0.3, 0.4) is 0 Å². The highest BCUT2D eigenvalue weighted by Crippen LogP contribution is 2.01. The summed E-state index contributed by atoms with van der Waals surface area (Å²) < 4.78 is 9.34. The Morgan fingerprint density at radius 1 is 1.35 bits per heavy atom. The van der Waals surface area contributed by atoms with Gasteiger partial charge < -0.3 is 9.47 Å². The van der Waals surface area contributed by atoms with Crippen molar-refractivity contribution in [3.63, 3.8) is 0 Å². The van der Waals surface area contributed by atoms with Crippen molar-refractivity contribution in [1.29, 1.82) is 0 Å². The maximum atomic E-state index is 11.0. The third kappa shape index (κ3) is 8.27. The molecule has 1 unspecified atom stereocenters. The van der Waals surface area contributed by atoms with E-state index >= 15 is 0 Å². The molecule has 0 aliphatic rings. The molecule has 0 heterocycles. The van der Waals surface area contributed by atoms with Gasteiger partial charge in [-0.3, -0.25) is 4.89 Å². The minimum atomic E-state index is -1.03. The van der Waals surface area contributed by atoms with E-state index in [4.69, 9.17) is 4.74 Å². The minimum absolute atomic E-state index is 0.183. The van der Waals surface area contributed by atoms with Crippen molar-refractivity contribution in [1.82, 2.24) is 0 Å². The summed E-state index contributed by atoms with van der Waals surface area (Å²) in [6.45, 7) is 8.48. The Kier molecular flexibility index (Phi) is 7.79. The molecule has 0 radical (unpaired) electrons. The second kappa shape index (κ2) is 8.58. The van der Waals surface area contributed by atoms with Crippen LogP contribution in [0.5, 0.6) is 0 Å². The minimum Gasteiger partial charge on any atom is -0.434 e. The summed E-state index contributed by atoms with van der Waals surface area (Å²) in [4.78, 5) is 30.8. The average Bonchev–Trinajstić information content (AvgIpc) is 2.26. The van der Waals surface area contributed by atoms with Crippen LogP contribution >= 0.6 is 0 Å². The number of hydrogen-bond acceptors (Lipinski definition) is 6. The maximum Gasteiger partial charge on any atom is 0.510 e. The molecule has 0 aliphatic carbocycles. The molecule has 0 saturated carbocycles. The Hall–Kier alpha value is -1.56. The molecule has 0 saturated heterocycles. The fraction of sp³-hybridized carbons (Fsp3) is 0.636. The maximum absolute atomic E-state index is 11.0. The molecule has 1 atom stereocenters. The molecule has 0 aliphatic heterocycles. The summed E-state index contributed by atoms with van der Waals surface area (Å²) >= 11 is 0. The van der Waals surface area contributed by atoms with Crippen LogP contribution in [0.25, 0.3) is 0 Å². The van der Waals surface area contributed by atoms with Crippen LogP contribution in [0.1, 0.15) is 33.6 Å². The molecule has 6 heteroatoms. The standard InChI is InChI=1S/C11H18O6/c1-5-6-7-14-11(13)15-9(4)16-17-10(12)8(2)3/h9H,2,5-7H2,1,3-4H3. The van der Waals surface area contributed by atoms with Crippen LogP contribution in [-0.2, 0) is 24.0 Å². The van der Waals surface area contributed by atoms with Crippen molar-refractivity contribution in [2.24, 2.45) is 0 Å². The van der Waals surface area contributed by atoms with Gasteiger partial charge in [0.15, 0.2) is 0 Å². The Morgan fingerprint density at radius 2 is 2.00 bits per heavy atom. The Bertz CT molecular complexity index is 273. The van der Waals surface area contributed by atoms with Crippen LogP contribution in [0.2, 0.25) is 0 Å². The van der Waals surface area contributed by atoms with E-state index in [9.17, 15) is 9.59 Å². The van der Waals surface area contributed by atoms with Gasteiger partial charge in [-0.25, -0.2) is 9.59 Å². The van der Waals surface area contributed by atoms with Crippen LogP contribution < -0.4 is 0 Å². The van der Waals surface area contributed by atoms with Gasteiger partial charge in [-0.2, -0.15) is 0 Å². The largest absolute Gasteiger partial charge is 0.510 e.